The molecule has 0 aromatic carbocycles. The summed E-state index contributed by atoms with van der Waals surface area (Å²) in [5.74, 6) is 2.46. The molecular formula is C17H31N3. The highest BCUT2D eigenvalue weighted by Gasteiger charge is 2.30. The van der Waals surface area contributed by atoms with E-state index in [4.69, 9.17) is 5.10 Å². The maximum Gasteiger partial charge on any atom is 0.0627 e. The van der Waals surface area contributed by atoms with E-state index >= 15 is 0 Å². The van der Waals surface area contributed by atoms with Crippen molar-refractivity contribution in [3.63, 3.8) is 0 Å². The predicted molar refractivity (Wildman–Crippen MR) is 84.9 cm³/mol. The quantitative estimate of drug-likeness (QED) is 0.785. The number of aromatic nitrogens is 2. The van der Waals surface area contributed by atoms with Crippen LogP contribution in [0.3, 0.4) is 0 Å². The van der Waals surface area contributed by atoms with Crippen molar-refractivity contribution in [2.45, 2.75) is 59.4 Å². The number of nitrogens with one attached hydrogen (secondary N) is 1. The highest BCUT2D eigenvalue weighted by molar-refractivity contribution is 5.03. The van der Waals surface area contributed by atoms with E-state index in [0.29, 0.717) is 6.04 Å². The van der Waals surface area contributed by atoms with Crippen molar-refractivity contribution in [1.29, 1.82) is 0 Å². The minimum Gasteiger partial charge on any atom is -0.316 e. The van der Waals surface area contributed by atoms with Crippen LogP contribution in [0, 0.1) is 17.8 Å². The summed E-state index contributed by atoms with van der Waals surface area (Å²) >= 11 is 0. The monoisotopic (exact) mass is 277 g/mol. The summed E-state index contributed by atoms with van der Waals surface area (Å²) in [6, 6.07) is 2.73. The summed E-state index contributed by atoms with van der Waals surface area (Å²) < 4.78 is 2.13. The standard InChI is InChI=1S/C17H31N3/c1-5-14(4)20-9-8-17(19-20)10-15-6-7-16(15)12-18-11-13(2)3/h8-9,13-16,18H,5-7,10-12H2,1-4H3. The zero-order chi connectivity index (χ0) is 14.5. The summed E-state index contributed by atoms with van der Waals surface area (Å²) in [5.41, 5.74) is 1.28. The maximum absolute atomic E-state index is 4.74. The van der Waals surface area contributed by atoms with E-state index in [1.54, 1.807) is 0 Å². The molecule has 3 atom stereocenters. The molecule has 1 fully saturated rings. The van der Waals surface area contributed by atoms with Gasteiger partial charge in [0, 0.05) is 12.2 Å². The molecule has 1 aliphatic rings. The minimum absolute atomic E-state index is 0.522. The summed E-state index contributed by atoms with van der Waals surface area (Å²) in [6.07, 6.45) is 7.23. The fourth-order valence-electron chi connectivity index (χ4n) is 2.92. The van der Waals surface area contributed by atoms with Crippen LogP contribution in [0.25, 0.3) is 0 Å². The Morgan fingerprint density at radius 3 is 2.65 bits per heavy atom. The lowest BCUT2D eigenvalue weighted by Crippen LogP contribution is -2.37. The first kappa shape index (κ1) is 15.6. The van der Waals surface area contributed by atoms with Gasteiger partial charge in [0.15, 0.2) is 0 Å². The Labute approximate surface area is 124 Å². The first-order valence-corrected chi connectivity index (χ1v) is 8.34. The summed E-state index contributed by atoms with van der Waals surface area (Å²) in [7, 11) is 0. The summed E-state index contributed by atoms with van der Waals surface area (Å²) in [4.78, 5) is 0. The third-order valence-corrected chi connectivity index (χ3v) is 4.71. The van der Waals surface area contributed by atoms with Crippen molar-refractivity contribution in [1.82, 2.24) is 15.1 Å². The highest BCUT2D eigenvalue weighted by atomic mass is 15.3. The zero-order valence-electron chi connectivity index (χ0n) is 13.6. The molecule has 1 heterocycles. The van der Waals surface area contributed by atoms with Crippen LogP contribution < -0.4 is 5.32 Å². The molecule has 114 valence electrons. The third-order valence-electron chi connectivity index (χ3n) is 4.71. The Morgan fingerprint density at radius 1 is 1.30 bits per heavy atom. The predicted octanol–water partition coefficient (Wildman–Crippen LogP) is 3.67. The molecular weight excluding hydrogens is 246 g/mol. The Bertz CT molecular complexity index is 397. The minimum atomic E-state index is 0.522. The van der Waals surface area contributed by atoms with Crippen molar-refractivity contribution in [3.05, 3.63) is 18.0 Å². The van der Waals surface area contributed by atoms with Crippen molar-refractivity contribution in [2.75, 3.05) is 13.1 Å². The Hall–Kier alpha value is -0.830. The van der Waals surface area contributed by atoms with E-state index in [9.17, 15) is 0 Å². The van der Waals surface area contributed by atoms with Crippen LogP contribution in [0.1, 0.15) is 58.7 Å². The number of rotatable bonds is 8. The number of hydrogen-bond acceptors (Lipinski definition) is 2. The molecule has 3 heteroatoms. The summed E-state index contributed by atoms with van der Waals surface area (Å²) in [6.45, 7) is 11.3. The molecule has 1 aromatic rings. The van der Waals surface area contributed by atoms with Crippen LogP contribution >= 0.6 is 0 Å². The Kier molecular flexibility index (Phi) is 5.64. The average Bonchev–Trinajstić information content (AvgIpc) is 2.87. The van der Waals surface area contributed by atoms with Gasteiger partial charge < -0.3 is 5.32 Å². The van der Waals surface area contributed by atoms with E-state index in [1.165, 1.54) is 25.1 Å². The van der Waals surface area contributed by atoms with Gasteiger partial charge in [-0.25, -0.2) is 0 Å². The van der Waals surface area contributed by atoms with Gasteiger partial charge in [0.1, 0.15) is 0 Å². The van der Waals surface area contributed by atoms with Gasteiger partial charge in [-0.05, 0) is 69.5 Å². The lowest BCUT2D eigenvalue weighted by atomic mass is 9.71. The van der Waals surface area contributed by atoms with Crippen LogP contribution in [-0.2, 0) is 6.42 Å². The van der Waals surface area contributed by atoms with E-state index in [0.717, 1.165) is 37.1 Å². The van der Waals surface area contributed by atoms with E-state index < -0.39 is 0 Å². The molecule has 1 aliphatic carbocycles. The van der Waals surface area contributed by atoms with Gasteiger partial charge in [-0.2, -0.15) is 5.10 Å². The first-order chi connectivity index (χ1) is 9.60. The number of hydrogen-bond donors (Lipinski definition) is 1. The molecule has 0 aliphatic heterocycles. The SMILES string of the molecule is CCC(C)n1ccc(CC2CCC2CNCC(C)C)n1. The highest BCUT2D eigenvalue weighted by Crippen LogP contribution is 2.36. The van der Waals surface area contributed by atoms with E-state index in [2.05, 4.69) is 50.0 Å². The topological polar surface area (TPSA) is 29.9 Å². The number of nitrogens with zero attached hydrogens (tertiary/aromatic N) is 2. The largest absolute Gasteiger partial charge is 0.316 e. The lowest BCUT2D eigenvalue weighted by Gasteiger charge is -2.36. The van der Waals surface area contributed by atoms with E-state index in [-0.39, 0.29) is 0 Å². The van der Waals surface area contributed by atoms with Gasteiger partial charge in [-0.3, -0.25) is 4.68 Å². The molecule has 0 amide bonds. The molecule has 20 heavy (non-hydrogen) atoms. The zero-order valence-corrected chi connectivity index (χ0v) is 13.6. The van der Waals surface area contributed by atoms with Gasteiger partial charge in [-0.15, -0.1) is 0 Å². The third kappa shape index (κ3) is 4.08. The van der Waals surface area contributed by atoms with Crippen LogP contribution in [0.4, 0.5) is 0 Å². The van der Waals surface area contributed by atoms with E-state index in [1.807, 2.05) is 0 Å². The molecule has 2 rings (SSSR count). The maximum atomic E-state index is 4.74. The normalized spacial score (nSPS) is 23.9. The van der Waals surface area contributed by atoms with Gasteiger partial charge in [0.05, 0.1) is 5.69 Å². The van der Waals surface area contributed by atoms with Crippen LogP contribution in [0.2, 0.25) is 0 Å². The van der Waals surface area contributed by atoms with Crippen molar-refractivity contribution >= 4 is 0 Å². The second kappa shape index (κ2) is 7.26. The van der Waals surface area contributed by atoms with Gasteiger partial charge in [-0.1, -0.05) is 20.8 Å². The Balaban J connectivity index is 1.77. The van der Waals surface area contributed by atoms with Gasteiger partial charge in [0.25, 0.3) is 0 Å². The van der Waals surface area contributed by atoms with Crippen LogP contribution in [0.5, 0.6) is 0 Å². The van der Waals surface area contributed by atoms with Crippen molar-refractivity contribution in [3.8, 4) is 0 Å². The lowest BCUT2D eigenvalue weighted by molar-refractivity contribution is 0.168. The molecule has 0 saturated heterocycles. The van der Waals surface area contributed by atoms with Crippen molar-refractivity contribution < 1.29 is 0 Å². The first-order valence-electron chi connectivity index (χ1n) is 8.34. The molecule has 0 spiro atoms. The second-order valence-electron chi connectivity index (χ2n) is 6.90. The molecule has 1 aromatic heterocycles. The molecule has 0 bridgehead atoms. The van der Waals surface area contributed by atoms with Gasteiger partial charge in [0.2, 0.25) is 0 Å². The summed E-state index contributed by atoms with van der Waals surface area (Å²) in [5, 5.41) is 8.35. The molecule has 0 radical (unpaired) electrons. The molecule has 1 saturated carbocycles. The molecule has 1 N–H and O–H groups in total. The fourth-order valence-corrected chi connectivity index (χ4v) is 2.92. The fraction of sp³-hybridized carbons (Fsp3) is 0.824. The van der Waals surface area contributed by atoms with Crippen LogP contribution in [0.15, 0.2) is 12.3 Å². The smallest absolute Gasteiger partial charge is 0.0627 e. The average molecular weight is 277 g/mol. The van der Waals surface area contributed by atoms with Crippen molar-refractivity contribution in [2.24, 2.45) is 17.8 Å². The Morgan fingerprint density at radius 2 is 2.05 bits per heavy atom. The second-order valence-corrected chi connectivity index (χ2v) is 6.90. The molecule has 3 unspecified atom stereocenters. The van der Waals surface area contributed by atoms with Crippen LogP contribution in [-0.4, -0.2) is 22.9 Å². The van der Waals surface area contributed by atoms with Gasteiger partial charge >= 0.3 is 0 Å². The molecule has 3 nitrogen and oxygen atoms in total.